The maximum Gasteiger partial charge on any atom is 0.305 e. The molecule has 0 aliphatic rings. The fraction of sp³-hybridized carbons (Fsp3) is 0.636. The topological polar surface area (TPSA) is 56.1 Å². The molecule has 0 saturated heterocycles. The molecule has 0 radical (unpaired) electrons. The summed E-state index contributed by atoms with van der Waals surface area (Å²) in [6.45, 7) is 0.881. The molecule has 1 N–H and O–H groups in total. The van der Waals surface area contributed by atoms with Gasteiger partial charge in [-0.3, -0.25) is 4.79 Å². The van der Waals surface area contributed by atoms with Crippen LogP contribution in [0, 0.1) is 0 Å². The first kappa shape index (κ1) is 12.5. The van der Waals surface area contributed by atoms with E-state index in [1.54, 1.807) is 6.20 Å². The molecule has 1 heterocycles. The molecule has 5 heteroatoms. The Morgan fingerprint density at radius 3 is 2.94 bits per heavy atom. The molecule has 5 nitrogen and oxygen atoms in total. The highest BCUT2D eigenvalue weighted by molar-refractivity contribution is 5.68. The van der Waals surface area contributed by atoms with E-state index in [0.717, 1.165) is 31.8 Å². The van der Waals surface area contributed by atoms with Crippen molar-refractivity contribution >= 4 is 11.9 Å². The van der Waals surface area contributed by atoms with Crippen LogP contribution >= 0.6 is 0 Å². The average Bonchev–Trinajstić information content (AvgIpc) is 2.69. The van der Waals surface area contributed by atoms with Crippen LogP contribution in [0.15, 0.2) is 12.4 Å². The number of nitrogens with zero attached hydrogens (tertiary/aromatic N) is 2. The van der Waals surface area contributed by atoms with Gasteiger partial charge in [0, 0.05) is 32.4 Å². The molecule has 16 heavy (non-hydrogen) atoms. The van der Waals surface area contributed by atoms with Gasteiger partial charge in [0.1, 0.15) is 0 Å². The monoisotopic (exact) mass is 225 g/mol. The second kappa shape index (κ2) is 6.87. The van der Waals surface area contributed by atoms with Crippen molar-refractivity contribution in [2.45, 2.75) is 25.7 Å². The molecule has 0 aromatic carbocycles. The lowest BCUT2D eigenvalue weighted by Gasteiger charge is -2.05. The number of methoxy groups -OCH3 is 1. The fourth-order valence-electron chi connectivity index (χ4n) is 1.41. The lowest BCUT2D eigenvalue weighted by molar-refractivity contribution is -0.140. The van der Waals surface area contributed by atoms with Gasteiger partial charge in [0.2, 0.25) is 5.95 Å². The van der Waals surface area contributed by atoms with Gasteiger partial charge in [-0.1, -0.05) is 6.42 Å². The smallest absolute Gasteiger partial charge is 0.305 e. The number of aryl methyl sites for hydroxylation is 1. The number of carbonyl (C=O) groups excluding carboxylic acids is 1. The van der Waals surface area contributed by atoms with E-state index < -0.39 is 0 Å². The highest BCUT2D eigenvalue weighted by Gasteiger charge is 2.00. The van der Waals surface area contributed by atoms with Crippen LogP contribution in [0.5, 0.6) is 0 Å². The van der Waals surface area contributed by atoms with Crippen molar-refractivity contribution in [3.63, 3.8) is 0 Å². The van der Waals surface area contributed by atoms with Crippen LogP contribution in [-0.2, 0) is 16.6 Å². The minimum Gasteiger partial charge on any atom is -0.469 e. The van der Waals surface area contributed by atoms with Crippen LogP contribution in [0.3, 0.4) is 0 Å². The number of carbonyl (C=O) groups is 1. The largest absolute Gasteiger partial charge is 0.469 e. The maximum absolute atomic E-state index is 10.8. The molecule has 0 aliphatic heterocycles. The molecule has 0 amide bonds. The minimum absolute atomic E-state index is 0.128. The highest BCUT2D eigenvalue weighted by atomic mass is 16.5. The van der Waals surface area contributed by atoms with Gasteiger partial charge >= 0.3 is 5.97 Å². The molecule has 1 aromatic rings. The molecule has 0 atom stereocenters. The summed E-state index contributed by atoms with van der Waals surface area (Å²) in [6.07, 6.45) is 7.11. The highest BCUT2D eigenvalue weighted by Crippen LogP contribution is 2.04. The maximum atomic E-state index is 10.8. The first-order valence-corrected chi connectivity index (χ1v) is 5.52. The Balaban J connectivity index is 2.00. The molecule has 0 aliphatic carbocycles. The third kappa shape index (κ3) is 4.33. The van der Waals surface area contributed by atoms with Gasteiger partial charge in [0.25, 0.3) is 0 Å². The van der Waals surface area contributed by atoms with E-state index in [2.05, 4.69) is 15.0 Å². The zero-order valence-electron chi connectivity index (χ0n) is 9.90. The summed E-state index contributed by atoms with van der Waals surface area (Å²) in [5.41, 5.74) is 0. The van der Waals surface area contributed by atoms with Crippen molar-refractivity contribution < 1.29 is 9.53 Å². The van der Waals surface area contributed by atoms with Crippen molar-refractivity contribution in [2.75, 3.05) is 19.0 Å². The molecular formula is C11H19N3O2. The van der Waals surface area contributed by atoms with Crippen LogP contribution in [0.2, 0.25) is 0 Å². The molecule has 0 bridgehead atoms. The summed E-state index contributed by atoms with van der Waals surface area (Å²) in [5.74, 6) is 0.755. The number of anilines is 1. The Labute approximate surface area is 95.8 Å². The molecule has 1 rings (SSSR count). The molecule has 0 saturated carbocycles. The normalized spacial score (nSPS) is 10.1. The van der Waals surface area contributed by atoms with E-state index in [1.165, 1.54) is 7.11 Å². The third-order valence-corrected chi connectivity index (χ3v) is 2.39. The van der Waals surface area contributed by atoms with E-state index >= 15 is 0 Å². The second-order valence-electron chi connectivity index (χ2n) is 3.68. The summed E-state index contributed by atoms with van der Waals surface area (Å²) in [6, 6.07) is 0. The van der Waals surface area contributed by atoms with Gasteiger partial charge in [-0.15, -0.1) is 0 Å². The predicted octanol–water partition coefficient (Wildman–Crippen LogP) is 1.57. The third-order valence-electron chi connectivity index (χ3n) is 2.39. The zero-order chi connectivity index (χ0) is 11.8. The summed E-state index contributed by atoms with van der Waals surface area (Å²) in [4.78, 5) is 15.0. The average molecular weight is 225 g/mol. The summed E-state index contributed by atoms with van der Waals surface area (Å²) in [7, 11) is 3.37. The molecule has 0 fully saturated rings. The quantitative estimate of drug-likeness (QED) is 0.565. The van der Waals surface area contributed by atoms with E-state index in [0.29, 0.717) is 6.42 Å². The van der Waals surface area contributed by atoms with E-state index in [9.17, 15) is 4.79 Å². The molecule has 0 unspecified atom stereocenters. The van der Waals surface area contributed by atoms with E-state index in [-0.39, 0.29) is 5.97 Å². The van der Waals surface area contributed by atoms with Crippen molar-refractivity contribution in [1.82, 2.24) is 9.55 Å². The Morgan fingerprint density at radius 2 is 2.31 bits per heavy atom. The first-order chi connectivity index (χ1) is 7.74. The standard InChI is InChI=1S/C11H19N3O2/c1-14-9-8-13-11(14)12-7-5-3-4-6-10(15)16-2/h8-9H,3-7H2,1-2H3,(H,12,13). The van der Waals surface area contributed by atoms with Crippen LogP contribution in [-0.4, -0.2) is 29.2 Å². The lowest BCUT2D eigenvalue weighted by Crippen LogP contribution is -2.06. The van der Waals surface area contributed by atoms with E-state index in [1.807, 2.05) is 17.8 Å². The van der Waals surface area contributed by atoms with Gasteiger partial charge < -0.3 is 14.6 Å². The molecule has 0 spiro atoms. The van der Waals surface area contributed by atoms with Crippen molar-refractivity contribution in [3.05, 3.63) is 12.4 Å². The molecule has 1 aromatic heterocycles. The summed E-state index contributed by atoms with van der Waals surface area (Å²) < 4.78 is 6.50. The number of aromatic nitrogens is 2. The number of rotatable bonds is 7. The lowest BCUT2D eigenvalue weighted by atomic mass is 10.2. The number of unbranched alkanes of at least 4 members (excludes halogenated alkanes) is 2. The first-order valence-electron chi connectivity index (χ1n) is 5.52. The molecule has 90 valence electrons. The van der Waals surface area contributed by atoms with Crippen molar-refractivity contribution in [2.24, 2.45) is 7.05 Å². The zero-order valence-corrected chi connectivity index (χ0v) is 9.90. The Morgan fingerprint density at radius 1 is 1.50 bits per heavy atom. The van der Waals surface area contributed by atoms with Gasteiger partial charge in [-0.05, 0) is 12.8 Å². The summed E-state index contributed by atoms with van der Waals surface area (Å²) in [5, 5.41) is 3.23. The SMILES string of the molecule is COC(=O)CCCCCNc1nccn1C. The van der Waals surface area contributed by atoms with Crippen LogP contribution < -0.4 is 5.32 Å². The van der Waals surface area contributed by atoms with Crippen LogP contribution in [0.4, 0.5) is 5.95 Å². The second-order valence-corrected chi connectivity index (χ2v) is 3.68. The molecular weight excluding hydrogens is 206 g/mol. The fourth-order valence-corrected chi connectivity index (χ4v) is 1.41. The Bertz CT molecular complexity index is 323. The number of hydrogen-bond acceptors (Lipinski definition) is 4. The van der Waals surface area contributed by atoms with Crippen LogP contribution in [0.1, 0.15) is 25.7 Å². The van der Waals surface area contributed by atoms with Gasteiger partial charge in [-0.25, -0.2) is 4.98 Å². The van der Waals surface area contributed by atoms with Crippen LogP contribution in [0.25, 0.3) is 0 Å². The van der Waals surface area contributed by atoms with Crippen molar-refractivity contribution in [1.29, 1.82) is 0 Å². The summed E-state index contributed by atoms with van der Waals surface area (Å²) >= 11 is 0. The Kier molecular flexibility index (Phi) is 5.39. The Hall–Kier alpha value is -1.52. The number of hydrogen-bond donors (Lipinski definition) is 1. The predicted molar refractivity (Wildman–Crippen MR) is 62.2 cm³/mol. The number of ether oxygens (including phenoxy) is 1. The number of imidazole rings is 1. The van der Waals surface area contributed by atoms with Gasteiger partial charge in [0.05, 0.1) is 7.11 Å². The number of nitrogens with one attached hydrogen (secondary N) is 1. The van der Waals surface area contributed by atoms with Gasteiger partial charge in [0.15, 0.2) is 0 Å². The number of esters is 1. The van der Waals surface area contributed by atoms with E-state index in [4.69, 9.17) is 0 Å². The minimum atomic E-state index is -0.128. The van der Waals surface area contributed by atoms with Crippen molar-refractivity contribution in [3.8, 4) is 0 Å². The van der Waals surface area contributed by atoms with Gasteiger partial charge in [-0.2, -0.15) is 0 Å².